The molecule has 2 rings (SSSR count). The predicted octanol–water partition coefficient (Wildman–Crippen LogP) is 2.64. The van der Waals surface area contributed by atoms with E-state index in [1.54, 1.807) is 33.6 Å². The minimum atomic E-state index is -0.584. The highest BCUT2D eigenvalue weighted by Gasteiger charge is 2.22. The molecule has 10 nitrogen and oxygen atoms in total. The molecule has 2 aromatic rings. The summed E-state index contributed by atoms with van der Waals surface area (Å²) in [5, 5.41) is 13.5. The van der Waals surface area contributed by atoms with Crippen molar-refractivity contribution in [2.75, 3.05) is 29.5 Å². The summed E-state index contributed by atoms with van der Waals surface area (Å²) in [7, 11) is 1.80. The fourth-order valence-corrected chi connectivity index (χ4v) is 3.35. The quantitative estimate of drug-likeness (QED) is 0.286. The first kappa shape index (κ1) is 29.4. The summed E-state index contributed by atoms with van der Waals surface area (Å²) in [6.45, 7) is 10.5. The SMILES string of the molecule is Bc1cnc(C#N)nc1N(CC(C)C)NC(=O)N(CCCCNC(=O)OC(C)(C)C)c1ccc(F)cc1. The number of carbonyl (C=O) groups excluding carboxylic acids is 2. The number of nitriles is 1. The number of hydrazine groups is 1. The normalized spacial score (nSPS) is 11.0. The fraction of sp³-hybridized carbons (Fsp3) is 0.480. The number of amides is 3. The molecule has 0 aliphatic rings. The Morgan fingerprint density at radius 1 is 1.22 bits per heavy atom. The van der Waals surface area contributed by atoms with Crippen LogP contribution in [-0.2, 0) is 4.74 Å². The number of nitrogens with zero attached hydrogens (tertiary/aromatic N) is 5. The molecule has 198 valence electrons. The fourth-order valence-electron chi connectivity index (χ4n) is 3.35. The van der Waals surface area contributed by atoms with E-state index in [-0.39, 0.29) is 11.7 Å². The van der Waals surface area contributed by atoms with Gasteiger partial charge in [0.1, 0.15) is 31.2 Å². The van der Waals surface area contributed by atoms with Gasteiger partial charge in [-0.25, -0.2) is 29.4 Å². The van der Waals surface area contributed by atoms with Crippen LogP contribution in [0.4, 0.5) is 25.5 Å². The Morgan fingerprint density at radius 2 is 1.89 bits per heavy atom. The molecule has 12 heteroatoms. The van der Waals surface area contributed by atoms with Crippen LogP contribution in [0.1, 0.15) is 53.3 Å². The second-order valence-corrected chi connectivity index (χ2v) is 10.00. The third-order valence-corrected chi connectivity index (χ3v) is 4.94. The zero-order valence-corrected chi connectivity index (χ0v) is 22.3. The van der Waals surface area contributed by atoms with Gasteiger partial charge in [-0.05, 0) is 69.3 Å². The van der Waals surface area contributed by atoms with Crippen molar-refractivity contribution in [2.24, 2.45) is 5.92 Å². The van der Waals surface area contributed by atoms with Gasteiger partial charge >= 0.3 is 12.1 Å². The van der Waals surface area contributed by atoms with Gasteiger partial charge in [0.15, 0.2) is 0 Å². The van der Waals surface area contributed by atoms with Crippen molar-refractivity contribution in [1.29, 1.82) is 5.26 Å². The van der Waals surface area contributed by atoms with Gasteiger partial charge in [0.25, 0.3) is 0 Å². The van der Waals surface area contributed by atoms with E-state index in [4.69, 9.17) is 4.74 Å². The van der Waals surface area contributed by atoms with Crippen molar-refractivity contribution in [3.8, 4) is 6.07 Å². The molecule has 0 saturated heterocycles. The molecule has 0 aliphatic heterocycles. The number of nitrogens with one attached hydrogen (secondary N) is 2. The first-order valence-corrected chi connectivity index (χ1v) is 12.2. The van der Waals surface area contributed by atoms with Crippen LogP contribution in [0.25, 0.3) is 0 Å². The van der Waals surface area contributed by atoms with Gasteiger partial charge in [-0.1, -0.05) is 13.8 Å². The summed E-state index contributed by atoms with van der Waals surface area (Å²) in [6.07, 6.45) is 2.20. The highest BCUT2D eigenvalue weighted by Crippen LogP contribution is 2.17. The van der Waals surface area contributed by atoms with Crippen LogP contribution < -0.4 is 26.1 Å². The monoisotopic (exact) mass is 511 g/mol. The van der Waals surface area contributed by atoms with Crippen LogP contribution in [0.5, 0.6) is 0 Å². The van der Waals surface area contributed by atoms with Crippen molar-refractivity contribution in [2.45, 2.75) is 53.1 Å². The molecule has 0 atom stereocenters. The molecular weight excluding hydrogens is 476 g/mol. The van der Waals surface area contributed by atoms with Gasteiger partial charge in [0.05, 0.1) is 0 Å². The summed E-state index contributed by atoms with van der Waals surface area (Å²) in [5.74, 6) is 0.178. The van der Waals surface area contributed by atoms with E-state index >= 15 is 0 Å². The Kier molecular flexibility index (Phi) is 10.7. The lowest BCUT2D eigenvalue weighted by atomic mass is 9.98. The molecule has 0 aliphatic carbocycles. The topological polar surface area (TPSA) is 123 Å². The van der Waals surface area contributed by atoms with Crippen LogP contribution in [0.3, 0.4) is 0 Å². The maximum absolute atomic E-state index is 13.6. The molecule has 2 N–H and O–H groups in total. The van der Waals surface area contributed by atoms with Crippen LogP contribution in [-0.4, -0.2) is 55.2 Å². The molecule has 37 heavy (non-hydrogen) atoms. The molecule has 0 radical (unpaired) electrons. The first-order valence-electron chi connectivity index (χ1n) is 12.2. The average Bonchev–Trinajstić information content (AvgIpc) is 2.80. The van der Waals surface area contributed by atoms with Gasteiger partial charge in [-0.15, -0.1) is 0 Å². The summed E-state index contributed by atoms with van der Waals surface area (Å²) in [4.78, 5) is 35.1. The molecule has 0 spiro atoms. The Morgan fingerprint density at radius 3 is 2.49 bits per heavy atom. The third-order valence-electron chi connectivity index (χ3n) is 4.94. The van der Waals surface area contributed by atoms with Gasteiger partial charge in [-0.3, -0.25) is 9.91 Å². The number of hydrogen-bond acceptors (Lipinski definition) is 7. The molecule has 1 aromatic carbocycles. The maximum Gasteiger partial charge on any atom is 0.407 e. The number of hydrogen-bond donors (Lipinski definition) is 2. The Hall–Kier alpha value is -3.88. The Balaban J connectivity index is 2.15. The molecule has 3 amide bonds. The molecule has 1 heterocycles. The number of anilines is 2. The number of ether oxygens (including phenoxy) is 1. The number of alkyl carbamates (subject to hydrolysis) is 1. The first-order chi connectivity index (χ1) is 17.4. The van der Waals surface area contributed by atoms with Gasteiger partial charge in [0, 0.05) is 31.5 Å². The highest BCUT2D eigenvalue weighted by molar-refractivity contribution is 6.35. The van der Waals surface area contributed by atoms with E-state index in [0.717, 1.165) is 0 Å². The lowest BCUT2D eigenvalue weighted by Crippen LogP contribution is -2.52. The Labute approximate surface area is 218 Å². The lowest BCUT2D eigenvalue weighted by Gasteiger charge is -2.31. The smallest absolute Gasteiger partial charge is 0.407 e. The van der Waals surface area contributed by atoms with Gasteiger partial charge in [-0.2, -0.15) is 5.26 Å². The van der Waals surface area contributed by atoms with Crippen molar-refractivity contribution in [3.05, 3.63) is 42.1 Å². The molecule has 1 aromatic heterocycles. The summed E-state index contributed by atoms with van der Waals surface area (Å²) in [6, 6.07) is 7.13. The summed E-state index contributed by atoms with van der Waals surface area (Å²) < 4.78 is 18.8. The third kappa shape index (κ3) is 9.95. The summed E-state index contributed by atoms with van der Waals surface area (Å²) in [5.41, 5.74) is 3.52. The van der Waals surface area contributed by atoms with E-state index < -0.39 is 23.5 Å². The number of carbonyl (C=O) groups is 2. The second kappa shape index (κ2) is 13.4. The van der Waals surface area contributed by atoms with Crippen molar-refractivity contribution in [1.82, 2.24) is 20.7 Å². The van der Waals surface area contributed by atoms with Gasteiger partial charge in [0.2, 0.25) is 5.82 Å². The number of halogens is 1. The number of urea groups is 1. The number of aromatic nitrogens is 2. The maximum atomic E-state index is 13.6. The van der Waals surface area contributed by atoms with E-state index in [1.165, 1.54) is 35.4 Å². The van der Waals surface area contributed by atoms with Crippen molar-refractivity contribution < 1.29 is 18.7 Å². The zero-order valence-electron chi connectivity index (χ0n) is 22.3. The number of benzene rings is 1. The van der Waals surface area contributed by atoms with Crippen LogP contribution in [0, 0.1) is 23.1 Å². The van der Waals surface area contributed by atoms with Crippen LogP contribution >= 0.6 is 0 Å². The molecule has 0 unspecified atom stereocenters. The average molecular weight is 511 g/mol. The van der Waals surface area contributed by atoms with E-state index in [9.17, 15) is 19.2 Å². The second-order valence-electron chi connectivity index (χ2n) is 10.00. The predicted molar refractivity (Wildman–Crippen MR) is 143 cm³/mol. The minimum absolute atomic E-state index is 0.00326. The number of unbranched alkanes of at least 4 members (excludes halogenated alkanes) is 1. The molecular formula is C25H35BFN7O3. The molecule has 0 bridgehead atoms. The van der Waals surface area contributed by atoms with Gasteiger partial charge < -0.3 is 10.1 Å². The largest absolute Gasteiger partial charge is 0.444 e. The minimum Gasteiger partial charge on any atom is -0.444 e. The standard InChI is InChI=1S/C25H35BFN7O3/c1-17(2)16-34(22-20(26)15-30-21(14-28)31-22)32-23(35)33(19-10-8-18(27)9-11-19)13-7-6-12-29-24(36)37-25(3,4)5/h8-11,15,17H,6-7,12-13,16,26H2,1-5H3,(H,29,36)(H,32,35). The van der Waals surface area contributed by atoms with E-state index in [1.807, 2.05) is 19.9 Å². The van der Waals surface area contributed by atoms with E-state index in [0.29, 0.717) is 49.4 Å². The van der Waals surface area contributed by atoms with Crippen molar-refractivity contribution in [3.63, 3.8) is 0 Å². The molecule has 0 fully saturated rings. The van der Waals surface area contributed by atoms with Crippen LogP contribution in [0.15, 0.2) is 30.5 Å². The lowest BCUT2D eigenvalue weighted by molar-refractivity contribution is 0.0527. The van der Waals surface area contributed by atoms with E-state index in [2.05, 4.69) is 20.7 Å². The number of rotatable bonds is 10. The highest BCUT2D eigenvalue weighted by atomic mass is 19.1. The zero-order chi connectivity index (χ0) is 27.6. The van der Waals surface area contributed by atoms with Crippen molar-refractivity contribution >= 4 is 36.9 Å². The summed E-state index contributed by atoms with van der Waals surface area (Å²) >= 11 is 0. The van der Waals surface area contributed by atoms with Crippen LogP contribution in [0.2, 0.25) is 0 Å². The Bertz CT molecular complexity index is 1100. The molecule has 0 saturated carbocycles.